The number of thioether (sulfide) groups is 1. The number of carboxylic acid groups (broad SMARTS) is 1. The highest BCUT2D eigenvalue weighted by Gasteiger charge is 2.17. The predicted molar refractivity (Wildman–Crippen MR) is 89.6 cm³/mol. The molecule has 22 heavy (non-hydrogen) atoms. The molecule has 0 bridgehead atoms. The van der Waals surface area contributed by atoms with Crippen molar-refractivity contribution in [1.82, 2.24) is 4.90 Å². The number of carbonyl (C=O) groups is 2. The molecule has 1 saturated heterocycles. The minimum absolute atomic E-state index is 0.0344. The van der Waals surface area contributed by atoms with Crippen molar-refractivity contribution in [3.05, 3.63) is 40.8 Å². The maximum atomic E-state index is 12.2. The molecule has 5 heteroatoms. The second kappa shape index (κ2) is 8.63. The Balaban J connectivity index is 1.95. The lowest BCUT2D eigenvalue weighted by atomic mass is 10.2. The maximum absolute atomic E-state index is 12.2. The zero-order valence-electron chi connectivity index (χ0n) is 12.5. The summed E-state index contributed by atoms with van der Waals surface area (Å²) in [5, 5.41) is 9.29. The van der Waals surface area contributed by atoms with Crippen LogP contribution in [0.5, 0.6) is 0 Å². The van der Waals surface area contributed by atoms with Crippen LogP contribution in [-0.4, -0.2) is 40.7 Å². The topological polar surface area (TPSA) is 57.6 Å². The largest absolute Gasteiger partial charge is 0.477 e. The van der Waals surface area contributed by atoms with Crippen LogP contribution in [0.15, 0.2) is 35.2 Å². The molecule has 1 fully saturated rings. The number of aliphatic carboxylic acids is 1. The zero-order valence-corrected chi connectivity index (χ0v) is 13.3. The van der Waals surface area contributed by atoms with Gasteiger partial charge in [-0.25, -0.2) is 4.79 Å². The first-order valence-corrected chi connectivity index (χ1v) is 8.56. The highest BCUT2D eigenvalue weighted by Crippen LogP contribution is 2.21. The summed E-state index contributed by atoms with van der Waals surface area (Å²) in [6.45, 7) is 1.59. The molecule has 1 aliphatic rings. The third kappa shape index (κ3) is 5.22. The Morgan fingerprint density at radius 2 is 1.73 bits per heavy atom. The summed E-state index contributed by atoms with van der Waals surface area (Å²) in [5.74, 6) is -0.769. The molecule has 1 aromatic carbocycles. The number of carbonyl (C=O) groups excluding carboxylic acids is 1. The van der Waals surface area contributed by atoms with Gasteiger partial charge in [0.2, 0.25) is 5.91 Å². The van der Waals surface area contributed by atoms with Crippen molar-refractivity contribution in [3.8, 4) is 0 Å². The van der Waals surface area contributed by atoms with Crippen LogP contribution in [0.4, 0.5) is 0 Å². The second-order valence-electron chi connectivity index (χ2n) is 5.31. The van der Waals surface area contributed by atoms with Crippen LogP contribution >= 0.6 is 11.8 Å². The van der Waals surface area contributed by atoms with Crippen molar-refractivity contribution in [3.63, 3.8) is 0 Å². The molecule has 1 amide bonds. The van der Waals surface area contributed by atoms with E-state index >= 15 is 0 Å². The maximum Gasteiger partial charge on any atom is 0.342 e. The minimum atomic E-state index is -0.988. The van der Waals surface area contributed by atoms with E-state index in [4.69, 9.17) is 0 Å². The van der Waals surface area contributed by atoms with E-state index < -0.39 is 5.97 Å². The standard InChI is InChI=1S/C17H21NO3S/c19-16(18-10-6-1-2-7-11-18)13-22-15(17(20)21)12-14-8-4-3-5-9-14/h3-5,8-9,12H,1-2,6-7,10-11,13H2,(H,20,21)/b15-12+. The number of hydrogen-bond donors (Lipinski definition) is 1. The van der Waals surface area contributed by atoms with Gasteiger partial charge in [-0.05, 0) is 24.5 Å². The van der Waals surface area contributed by atoms with E-state index in [0.717, 1.165) is 43.3 Å². The van der Waals surface area contributed by atoms with Gasteiger partial charge in [0.1, 0.15) is 0 Å². The third-order valence-electron chi connectivity index (χ3n) is 3.62. The van der Waals surface area contributed by atoms with Crippen LogP contribution in [0.1, 0.15) is 31.2 Å². The Labute approximate surface area is 135 Å². The molecule has 1 aromatic rings. The van der Waals surface area contributed by atoms with Crippen molar-refractivity contribution in [1.29, 1.82) is 0 Å². The van der Waals surface area contributed by atoms with Crippen molar-refractivity contribution in [2.75, 3.05) is 18.8 Å². The Morgan fingerprint density at radius 1 is 1.09 bits per heavy atom. The fourth-order valence-corrected chi connectivity index (χ4v) is 3.22. The molecule has 118 valence electrons. The number of amides is 1. The lowest BCUT2D eigenvalue weighted by molar-refractivity contribution is -0.131. The van der Waals surface area contributed by atoms with E-state index in [1.54, 1.807) is 6.08 Å². The molecule has 1 N–H and O–H groups in total. The molecule has 0 aromatic heterocycles. The van der Waals surface area contributed by atoms with Gasteiger partial charge in [-0.2, -0.15) is 0 Å². The smallest absolute Gasteiger partial charge is 0.342 e. The molecule has 0 spiro atoms. The summed E-state index contributed by atoms with van der Waals surface area (Å²) < 4.78 is 0. The molecule has 0 atom stereocenters. The molecule has 0 unspecified atom stereocenters. The van der Waals surface area contributed by atoms with Gasteiger partial charge >= 0.3 is 5.97 Å². The van der Waals surface area contributed by atoms with Crippen molar-refractivity contribution < 1.29 is 14.7 Å². The first kappa shape index (κ1) is 16.6. The molecular formula is C17H21NO3S. The molecule has 1 heterocycles. The van der Waals surface area contributed by atoms with Crippen LogP contribution in [0.25, 0.3) is 6.08 Å². The van der Waals surface area contributed by atoms with E-state index in [9.17, 15) is 14.7 Å². The number of nitrogens with zero attached hydrogens (tertiary/aromatic N) is 1. The summed E-state index contributed by atoms with van der Waals surface area (Å²) in [6.07, 6.45) is 6.04. The predicted octanol–water partition coefficient (Wildman–Crippen LogP) is 3.25. The van der Waals surface area contributed by atoms with Crippen molar-refractivity contribution >= 4 is 29.7 Å². The van der Waals surface area contributed by atoms with Crippen LogP contribution in [-0.2, 0) is 9.59 Å². The van der Waals surface area contributed by atoms with Gasteiger partial charge in [-0.1, -0.05) is 43.2 Å². The summed E-state index contributed by atoms with van der Waals surface area (Å²) in [5.41, 5.74) is 0.828. The summed E-state index contributed by atoms with van der Waals surface area (Å²) >= 11 is 1.10. The number of hydrogen-bond acceptors (Lipinski definition) is 3. The zero-order chi connectivity index (χ0) is 15.8. The molecular weight excluding hydrogens is 298 g/mol. The Bertz CT molecular complexity index is 534. The van der Waals surface area contributed by atoms with Gasteiger partial charge in [0.15, 0.2) is 0 Å². The first-order valence-electron chi connectivity index (χ1n) is 7.57. The second-order valence-corrected chi connectivity index (χ2v) is 6.33. The minimum Gasteiger partial charge on any atom is -0.477 e. The fourth-order valence-electron chi connectivity index (χ4n) is 2.42. The van der Waals surface area contributed by atoms with Gasteiger partial charge in [-0.3, -0.25) is 4.79 Å². The number of rotatable bonds is 5. The van der Waals surface area contributed by atoms with Gasteiger partial charge in [0, 0.05) is 13.1 Å². The Hall–Kier alpha value is -1.75. The van der Waals surface area contributed by atoms with E-state index in [1.165, 1.54) is 12.8 Å². The quantitative estimate of drug-likeness (QED) is 0.847. The molecule has 1 aliphatic heterocycles. The van der Waals surface area contributed by atoms with E-state index in [0.29, 0.717) is 0 Å². The van der Waals surface area contributed by atoms with Crippen molar-refractivity contribution in [2.24, 2.45) is 0 Å². The van der Waals surface area contributed by atoms with Crippen molar-refractivity contribution in [2.45, 2.75) is 25.7 Å². The molecule has 2 rings (SSSR count). The van der Waals surface area contributed by atoms with E-state index in [2.05, 4.69) is 0 Å². The van der Waals surface area contributed by atoms with Gasteiger partial charge in [0.05, 0.1) is 10.7 Å². The van der Waals surface area contributed by atoms with Crippen LogP contribution in [0.3, 0.4) is 0 Å². The van der Waals surface area contributed by atoms with Crippen LogP contribution < -0.4 is 0 Å². The summed E-state index contributed by atoms with van der Waals surface area (Å²) in [4.78, 5) is 25.6. The van der Waals surface area contributed by atoms with E-state index in [1.807, 2.05) is 35.2 Å². The molecule has 0 radical (unpaired) electrons. The molecule has 0 saturated carbocycles. The van der Waals surface area contributed by atoms with E-state index in [-0.39, 0.29) is 16.6 Å². The molecule has 4 nitrogen and oxygen atoms in total. The van der Waals surface area contributed by atoms with Crippen LogP contribution in [0.2, 0.25) is 0 Å². The average molecular weight is 319 g/mol. The Morgan fingerprint density at radius 3 is 2.32 bits per heavy atom. The Kier molecular flexibility index (Phi) is 6.52. The lowest BCUT2D eigenvalue weighted by Crippen LogP contribution is -2.33. The summed E-state index contributed by atoms with van der Waals surface area (Å²) in [7, 11) is 0. The number of carboxylic acids is 1. The first-order chi connectivity index (χ1) is 10.7. The number of likely N-dealkylation sites (tertiary alicyclic amines) is 1. The van der Waals surface area contributed by atoms with Crippen LogP contribution in [0, 0.1) is 0 Å². The highest BCUT2D eigenvalue weighted by molar-refractivity contribution is 8.04. The average Bonchev–Trinajstić information content (AvgIpc) is 2.81. The van der Waals surface area contributed by atoms with Gasteiger partial charge in [-0.15, -0.1) is 11.8 Å². The number of benzene rings is 1. The summed E-state index contributed by atoms with van der Waals surface area (Å²) in [6, 6.07) is 9.30. The monoisotopic (exact) mass is 319 g/mol. The normalized spacial score (nSPS) is 16.2. The fraction of sp³-hybridized carbons (Fsp3) is 0.412. The lowest BCUT2D eigenvalue weighted by Gasteiger charge is -2.20. The third-order valence-corrected chi connectivity index (χ3v) is 4.61. The SMILES string of the molecule is O=C(O)/C(=C\c1ccccc1)SCC(=O)N1CCCCCC1. The highest BCUT2D eigenvalue weighted by atomic mass is 32.2. The van der Waals surface area contributed by atoms with Gasteiger partial charge in [0.25, 0.3) is 0 Å². The molecule has 0 aliphatic carbocycles. The van der Waals surface area contributed by atoms with Gasteiger partial charge < -0.3 is 10.0 Å².